The van der Waals surface area contributed by atoms with Crippen molar-refractivity contribution in [3.63, 3.8) is 0 Å². The normalized spacial score (nSPS) is 57.4. The lowest BCUT2D eigenvalue weighted by Gasteiger charge is -2.70. The first-order chi connectivity index (χ1) is 15.8. The van der Waals surface area contributed by atoms with Crippen LogP contribution in [-0.4, -0.2) is 35.1 Å². The summed E-state index contributed by atoms with van der Waals surface area (Å²) in [5.74, 6) is 2.51. The summed E-state index contributed by atoms with van der Waals surface area (Å²) >= 11 is 0. The molecule has 6 rings (SSSR count). The molecule has 0 aromatic carbocycles. The van der Waals surface area contributed by atoms with Crippen molar-refractivity contribution in [2.24, 2.45) is 56.7 Å². The topological polar surface area (TPSA) is 49.7 Å². The zero-order valence-electron chi connectivity index (χ0n) is 22.6. The Kier molecular flexibility index (Phi) is 4.90. The molecule has 0 aromatic rings. The Bertz CT molecular complexity index is 933. The van der Waals surface area contributed by atoms with Crippen LogP contribution in [0.3, 0.4) is 0 Å². The SMILES string of the molecule is CC(C)[C@@H]1CC2OCC[C@]13CC[C@@]1(C)[C@H]4C(=CC[C@]1(C)[C@@H]23)[C@@]1(C)C=C[C@H](O)C(C)(C)[C@@H]1C[C@@H]4O. The maximum Gasteiger partial charge on any atom is 0.0775 e. The van der Waals surface area contributed by atoms with E-state index in [4.69, 9.17) is 4.74 Å². The number of fused-ring (bicyclic) bond motifs is 5. The fourth-order valence-corrected chi connectivity index (χ4v) is 11.4. The molecule has 0 amide bonds. The molecule has 1 unspecified atom stereocenters. The van der Waals surface area contributed by atoms with Gasteiger partial charge in [0.05, 0.1) is 18.3 Å². The molecule has 3 nitrogen and oxygen atoms in total. The monoisotopic (exact) mass is 468 g/mol. The van der Waals surface area contributed by atoms with Crippen molar-refractivity contribution < 1.29 is 14.9 Å². The highest BCUT2D eigenvalue weighted by molar-refractivity contribution is 5.39. The summed E-state index contributed by atoms with van der Waals surface area (Å²) in [6.45, 7) is 17.7. The van der Waals surface area contributed by atoms with Crippen molar-refractivity contribution in [3.8, 4) is 0 Å². The molecule has 190 valence electrons. The third-order valence-corrected chi connectivity index (χ3v) is 13.3. The van der Waals surface area contributed by atoms with Crippen molar-refractivity contribution in [2.75, 3.05) is 6.61 Å². The van der Waals surface area contributed by atoms with Crippen molar-refractivity contribution in [1.82, 2.24) is 0 Å². The molecule has 5 aliphatic carbocycles. The predicted molar refractivity (Wildman–Crippen MR) is 136 cm³/mol. The molecule has 1 heterocycles. The first kappa shape index (κ1) is 23.7. The van der Waals surface area contributed by atoms with Crippen molar-refractivity contribution in [2.45, 2.75) is 105 Å². The first-order valence-electron chi connectivity index (χ1n) is 14.2. The van der Waals surface area contributed by atoms with Crippen molar-refractivity contribution in [3.05, 3.63) is 23.8 Å². The molecule has 2 bridgehead atoms. The highest BCUT2D eigenvalue weighted by Crippen LogP contribution is 2.77. The maximum atomic E-state index is 11.9. The molecular formula is C31H48O3. The van der Waals surface area contributed by atoms with Gasteiger partial charge in [0.2, 0.25) is 0 Å². The Morgan fingerprint density at radius 1 is 0.971 bits per heavy atom. The molecule has 0 radical (unpaired) electrons. The quantitative estimate of drug-likeness (QED) is 0.454. The summed E-state index contributed by atoms with van der Waals surface area (Å²) in [6.07, 6.45) is 13.3. The van der Waals surface area contributed by atoms with Gasteiger partial charge in [-0.15, -0.1) is 0 Å². The minimum absolute atomic E-state index is 0.0670. The molecule has 3 saturated carbocycles. The zero-order chi connectivity index (χ0) is 24.5. The highest BCUT2D eigenvalue weighted by atomic mass is 16.5. The van der Waals surface area contributed by atoms with E-state index in [1.807, 2.05) is 6.08 Å². The van der Waals surface area contributed by atoms with Gasteiger partial charge in [0, 0.05) is 17.9 Å². The summed E-state index contributed by atoms with van der Waals surface area (Å²) in [5, 5.41) is 22.7. The van der Waals surface area contributed by atoms with E-state index in [0.29, 0.717) is 23.4 Å². The van der Waals surface area contributed by atoms with Gasteiger partial charge in [-0.1, -0.05) is 72.3 Å². The van der Waals surface area contributed by atoms with Gasteiger partial charge in [0.1, 0.15) is 0 Å². The fourth-order valence-electron chi connectivity index (χ4n) is 11.4. The van der Waals surface area contributed by atoms with E-state index in [1.165, 1.54) is 31.3 Å². The van der Waals surface area contributed by atoms with Gasteiger partial charge in [-0.2, -0.15) is 0 Å². The second-order valence-electron chi connectivity index (χ2n) is 14.9. The van der Waals surface area contributed by atoms with E-state index in [-0.39, 0.29) is 39.6 Å². The summed E-state index contributed by atoms with van der Waals surface area (Å²) in [5.41, 5.74) is 1.76. The van der Waals surface area contributed by atoms with Crippen LogP contribution >= 0.6 is 0 Å². The number of allylic oxidation sites excluding steroid dienone is 2. The lowest BCUT2D eigenvalue weighted by atomic mass is 9.35. The Morgan fingerprint density at radius 3 is 2.41 bits per heavy atom. The van der Waals surface area contributed by atoms with Gasteiger partial charge in [-0.25, -0.2) is 0 Å². The molecule has 2 N–H and O–H groups in total. The predicted octanol–water partition coefficient (Wildman–Crippen LogP) is 6.15. The van der Waals surface area contributed by atoms with Gasteiger partial charge in [0.25, 0.3) is 0 Å². The van der Waals surface area contributed by atoms with Crippen LogP contribution in [0.25, 0.3) is 0 Å². The summed E-state index contributed by atoms with van der Waals surface area (Å²) in [4.78, 5) is 0. The van der Waals surface area contributed by atoms with Crippen LogP contribution in [0.2, 0.25) is 0 Å². The van der Waals surface area contributed by atoms with E-state index < -0.39 is 6.10 Å². The molecule has 34 heavy (non-hydrogen) atoms. The second-order valence-corrected chi connectivity index (χ2v) is 14.9. The van der Waals surface area contributed by atoms with E-state index in [0.717, 1.165) is 25.4 Å². The third-order valence-electron chi connectivity index (χ3n) is 13.3. The maximum absolute atomic E-state index is 11.9. The van der Waals surface area contributed by atoms with Crippen LogP contribution in [0.1, 0.15) is 87.0 Å². The second kappa shape index (κ2) is 7.01. The number of hydrogen-bond donors (Lipinski definition) is 2. The van der Waals surface area contributed by atoms with Crippen LogP contribution in [0.4, 0.5) is 0 Å². The van der Waals surface area contributed by atoms with E-state index in [1.54, 1.807) is 0 Å². The summed E-state index contributed by atoms with van der Waals surface area (Å²) in [7, 11) is 0. The number of aliphatic hydroxyl groups is 2. The number of aliphatic hydroxyl groups excluding tert-OH is 2. The minimum atomic E-state index is -0.447. The summed E-state index contributed by atoms with van der Waals surface area (Å²) < 4.78 is 6.56. The molecule has 6 aliphatic rings. The molecule has 0 spiro atoms. The fraction of sp³-hybridized carbons (Fsp3) is 0.871. The third kappa shape index (κ3) is 2.56. The van der Waals surface area contributed by atoms with Crippen LogP contribution < -0.4 is 0 Å². The zero-order valence-corrected chi connectivity index (χ0v) is 22.6. The van der Waals surface area contributed by atoms with E-state index in [9.17, 15) is 10.2 Å². The Morgan fingerprint density at radius 2 is 1.71 bits per heavy atom. The van der Waals surface area contributed by atoms with Crippen molar-refractivity contribution in [1.29, 1.82) is 0 Å². The van der Waals surface area contributed by atoms with Crippen LogP contribution in [0.5, 0.6) is 0 Å². The average molecular weight is 469 g/mol. The van der Waals surface area contributed by atoms with Gasteiger partial charge in [0.15, 0.2) is 0 Å². The molecule has 1 saturated heterocycles. The molecule has 0 aromatic heterocycles. The first-order valence-corrected chi connectivity index (χ1v) is 14.2. The lowest BCUT2D eigenvalue weighted by Crippen LogP contribution is -2.66. The van der Waals surface area contributed by atoms with E-state index in [2.05, 4.69) is 60.6 Å². The molecule has 4 fully saturated rings. The van der Waals surface area contributed by atoms with Gasteiger partial charge in [-0.05, 0) is 83.9 Å². The van der Waals surface area contributed by atoms with Gasteiger partial charge < -0.3 is 14.9 Å². The number of rotatable bonds is 1. The standard InChI is InChI=1S/C31H48O3/c1-18(2)20-16-22-26-30(7)11-8-19-25(29(30,6)12-13-31(20,26)14-15-34-22)21(32)17-23-27(3,4)24(33)9-10-28(19,23)5/h8-10,18,20-26,32-33H,11-17H2,1-7H3/t20-,21-,22?,23-,24-,25-,26+,28+,29-,30+,31+/m0/s1. The molecule has 3 heteroatoms. The smallest absolute Gasteiger partial charge is 0.0775 e. The number of hydrogen-bond acceptors (Lipinski definition) is 3. The molecular weight excluding hydrogens is 420 g/mol. The summed E-state index contributed by atoms with van der Waals surface area (Å²) in [6, 6.07) is 0. The Balaban J connectivity index is 1.48. The molecule has 11 atom stereocenters. The van der Waals surface area contributed by atoms with Crippen LogP contribution in [0.15, 0.2) is 23.8 Å². The average Bonchev–Trinajstić information content (AvgIpc) is 2.99. The van der Waals surface area contributed by atoms with E-state index >= 15 is 0 Å². The van der Waals surface area contributed by atoms with Gasteiger partial charge in [-0.3, -0.25) is 0 Å². The Hall–Kier alpha value is -0.640. The van der Waals surface area contributed by atoms with Crippen molar-refractivity contribution >= 4 is 0 Å². The Labute approximate surface area is 207 Å². The lowest BCUT2D eigenvalue weighted by molar-refractivity contribution is -0.223. The highest BCUT2D eigenvalue weighted by Gasteiger charge is 2.73. The van der Waals surface area contributed by atoms with Crippen LogP contribution in [-0.2, 0) is 4.74 Å². The minimum Gasteiger partial charge on any atom is -0.392 e. The largest absolute Gasteiger partial charge is 0.392 e. The van der Waals surface area contributed by atoms with Gasteiger partial charge >= 0.3 is 0 Å². The number of ether oxygens (including phenoxy) is 1. The molecule has 1 aliphatic heterocycles. The van der Waals surface area contributed by atoms with Crippen LogP contribution in [0, 0.1) is 56.7 Å².